The Morgan fingerprint density at radius 1 is 1.35 bits per heavy atom. The summed E-state index contributed by atoms with van der Waals surface area (Å²) < 4.78 is 10.3. The predicted molar refractivity (Wildman–Crippen MR) is 65.7 cm³/mol. The van der Waals surface area contributed by atoms with E-state index < -0.39 is 0 Å². The SMILES string of the molecule is COCC(CNc1ncnc(NN)c1C)OC. The summed E-state index contributed by atoms with van der Waals surface area (Å²) in [7, 11) is 3.28. The molecule has 1 atom stereocenters. The second-order valence-corrected chi connectivity index (χ2v) is 3.53. The number of nitrogen functional groups attached to an aromatic ring is 1. The van der Waals surface area contributed by atoms with Crippen LogP contribution in [0.15, 0.2) is 6.33 Å². The Labute approximate surface area is 101 Å². The van der Waals surface area contributed by atoms with Gasteiger partial charge in [-0.2, -0.15) is 0 Å². The molecule has 0 amide bonds. The van der Waals surface area contributed by atoms with Crippen molar-refractivity contribution in [3.05, 3.63) is 11.9 Å². The summed E-state index contributed by atoms with van der Waals surface area (Å²) >= 11 is 0. The highest BCUT2D eigenvalue weighted by molar-refractivity contribution is 5.55. The number of aromatic nitrogens is 2. The molecular weight excluding hydrogens is 222 g/mol. The van der Waals surface area contributed by atoms with Crippen molar-refractivity contribution in [2.75, 3.05) is 38.1 Å². The molecule has 1 heterocycles. The number of hydrogen-bond acceptors (Lipinski definition) is 7. The standard InChI is InChI=1S/C10H19N5O2/c1-7-9(13-6-14-10(7)15-11)12-4-8(17-3)5-16-2/h6,8H,4-5,11H2,1-3H3,(H2,12,13,14,15). The van der Waals surface area contributed by atoms with Crippen molar-refractivity contribution >= 4 is 11.6 Å². The van der Waals surface area contributed by atoms with Gasteiger partial charge in [-0.25, -0.2) is 15.8 Å². The van der Waals surface area contributed by atoms with E-state index >= 15 is 0 Å². The molecule has 0 bridgehead atoms. The Morgan fingerprint density at radius 2 is 2.06 bits per heavy atom. The fourth-order valence-corrected chi connectivity index (χ4v) is 1.38. The zero-order valence-corrected chi connectivity index (χ0v) is 10.4. The van der Waals surface area contributed by atoms with Crippen LogP contribution >= 0.6 is 0 Å². The minimum atomic E-state index is -0.0244. The van der Waals surface area contributed by atoms with Crippen molar-refractivity contribution in [3.8, 4) is 0 Å². The third-order valence-corrected chi connectivity index (χ3v) is 2.40. The van der Waals surface area contributed by atoms with Gasteiger partial charge in [0.15, 0.2) is 0 Å². The van der Waals surface area contributed by atoms with Crippen molar-refractivity contribution in [1.82, 2.24) is 9.97 Å². The third-order valence-electron chi connectivity index (χ3n) is 2.40. The minimum Gasteiger partial charge on any atom is -0.382 e. The summed E-state index contributed by atoms with van der Waals surface area (Å²) in [6.07, 6.45) is 1.42. The maximum atomic E-state index is 5.34. The van der Waals surface area contributed by atoms with Gasteiger partial charge in [0.2, 0.25) is 0 Å². The smallest absolute Gasteiger partial charge is 0.148 e. The van der Waals surface area contributed by atoms with Gasteiger partial charge in [0, 0.05) is 26.3 Å². The summed E-state index contributed by atoms with van der Waals surface area (Å²) in [5.74, 6) is 6.66. The average Bonchev–Trinajstić information content (AvgIpc) is 2.36. The van der Waals surface area contributed by atoms with E-state index in [2.05, 4.69) is 20.7 Å². The maximum absolute atomic E-state index is 5.34. The number of anilines is 2. The van der Waals surface area contributed by atoms with Gasteiger partial charge in [0.25, 0.3) is 0 Å². The molecule has 7 nitrogen and oxygen atoms in total. The van der Waals surface area contributed by atoms with Gasteiger partial charge < -0.3 is 20.2 Å². The number of hydrogen-bond donors (Lipinski definition) is 3. The molecule has 96 valence electrons. The first-order valence-corrected chi connectivity index (χ1v) is 5.26. The zero-order valence-electron chi connectivity index (χ0n) is 10.4. The lowest BCUT2D eigenvalue weighted by Crippen LogP contribution is -2.27. The van der Waals surface area contributed by atoms with Crippen molar-refractivity contribution < 1.29 is 9.47 Å². The molecule has 1 unspecified atom stereocenters. The quantitative estimate of drug-likeness (QED) is 0.462. The summed E-state index contributed by atoms with van der Waals surface area (Å²) in [5.41, 5.74) is 3.38. The highest BCUT2D eigenvalue weighted by Gasteiger charge is 2.09. The maximum Gasteiger partial charge on any atom is 0.148 e. The number of hydrazine groups is 1. The van der Waals surface area contributed by atoms with Crippen LogP contribution in [0.1, 0.15) is 5.56 Å². The highest BCUT2D eigenvalue weighted by Crippen LogP contribution is 2.16. The molecule has 0 aliphatic rings. The van der Waals surface area contributed by atoms with E-state index in [1.54, 1.807) is 14.2 Å². The molecule has 0 radical (unpaired) electrons. The second kappa shape index (κ2) is 7.00. The number of methoxy groups -OCH3 is 2. The van der Waals surface area contributed by atoms with Gasteiger partial charge in [-0.15, -0.1) is 0 Å². The lowest BCUT2D eigenvalue weighted by molar-refractivity contribution is 0.0365. The van der Waals surface area contributed by atoms with Crippen molar-refractivity contribution in [2.24, 2.45) is 5.84 Å². The van der Waals surface area contributed by atoms with Gasteiger partial charge in [0.1, 0.15) is 18.0 Å². The molecule has 0 saturated carbocycles. The van der Waals surface area contributed by atoms with E-state index in [9.17, 15) is 0 Å². The molecule has 7 heteroatoms. The van der Waals surface area contributed by atoms with Crippen LogP contribution in [0, 0.1) is 6.92 Å². The third kappa shape index (κ3) is 3.81. The Bertz CT molecular complexity index is 347. The first-order valence-electron chi connectivity index (χ1n) is 5.26. The van der Waals surface area contributed by atoms with Crippen LogP contribution in [-0.2, 0) is 9.47 Å². The highest BCUT2D eigenvalue weighted by atomic mass is 16.5. The summed E-state index contributed by atoms with van der Waals surface area (Å²) in [5, 5.41) is 3.17. The summed E-state index contributed by atoms with van der Waals surface area (Å²) in [6, 6.07) is 0. The lowest BCUT2D eigenvalue weighted by atomic mass is 10.3. The lowest BCUT2D eigenvalue weighted by Gasteiger charge is -2.16. The van der Waals surface area contributed by atoms with Crippen LogP contribution in [0.5, 0.6) is 0 Å². The molecule has 0 fully saturated rings. The fraction of sp³-hybridized carbons (Fsp3) is 0.600. The molecule has 0 aliphatic heterocycles. The Balaban J connectivity index is 2.62. The predicted octanol–water partition coefficient (Wildman–Crippen LogP) is 0.144. The van der Waals surface area contributed by atoms with Crippen molar-refractivity contribution in [2.45, 2.75) is 13.0 Å². The normalized spacial score (nSPS) is 12.2. The number of nitrogens with one attached hydrogen (secondary N) is 2. The molecule has 1 aromatic rings. The molecule has 1 rings (SSSR count). The molecule has 0 aromatic carbocycles. The molecule has 0 saturated heterocycles. The largest absolute Gasteiger partial charge is 0.382 e. The minimum absolute atomic E-state index is 0.0244. The molecule has 17 heavy (non-hydrogen) atoms. The Kier molecular flexibility index (Phi) is 5.61. The van der Waals surface area contributed by atoms with Crippen LogP contribution in [0.3, 0.4) is 0 Å². The van der Waals surface area contributed by atoms with E-state index in [-0.39, 0.29) is 6.10 Å². The second-order valence-electron chi connectivity index (χ2n) is 3.53. The fourth-order valence-electron chi connectivity index (χ4n) is 1.38. The van der Waals surface area contributed by atoms with Gasteiger partial charge in [-0.3, -0.25) is 0 Å². The molecule has 1 aromatic heterocycles. The number of nitrogens with two attached hydrogens (primary N) is 1. The Morgan fingerprint density at radius 3 is 2.65 bits per heavy atom. The van der Waals surface area contributed by atoms with Gasteiger partial charge in [0.05, 0.1) is 12.7 Å². The average molecular weight is 241 g/mol. The summed E-state index contributed by atoms with van der Waals surface area (Å²) in [4.78, 5) is 8.14. The van der Waals surface area contributed by atoms with Crippen LogP contribution in [-0.4, -0.2) is 43.4 Å². The molecule has 4 N–H and O–H groups in total. The Hall–Kier alpha value is -1.44. The zero-order chi connectivity index (χ0) is 12.7. The van der Waals surface area contributed by atoms with E-state index in [1.165, 1.54) is 6.33 Å². The van der Waals surface area contributed by atoms with Crippen molar-refractivity contribution in [1.29, 1.82) is 0 Å². The van der Waals surface area contributed by atoms with E-state index in [0.29, 0.717) is 19.0 Å². The van der Waals surface area contributed by atoms with Crippen LogP contribution < -0.4 is 16.6 Å². The number of nitrogens with zero attached hydrogens (tertiary/aromatic N) is 2. The van der Waals surface area contributed by atoms with Crippen LogP contribution in [0.25, 0.3) is 0 Å². The van der Waals surface area contributed by atoms with E-state index in [4.69, 9.17) is 15.3 Å². The van der Waals surface area contributed by atoms with E-state index in [1.807, 2.05) is 6.92 Å². The van der Waals surface area contributed by atoms with Gasteiger partial charge in [-0.1, -0.05) is 0 Å². The van der Waals surface area contributed by atoms with Gasteiger partial charge in [-0.05, 0) is 6.92 Å². The number of ether oxygens (including phenoxy) is 2. The van der Waals surface area contributed by atoms with E-state index in [0.717, 1.165) is 11.4 Å². The van der Waals surface area contributed by atoms with Crippen molar-refractivity contribution in [3.63, 3.8) is 0 Å². The van der Waals surface area contributed by atoms with Crippen LogP contribution in [0.4, 0.5) is 11.6 Å². The monoisotopic (exact) mass is 241 g/mol. The first-order chi connectivity index (χ1) is 8.22. The topological polar surface area (TPSA) is 94.3 Å². The van der Waals surface area contributed by atoms with Crippen LogP contribution in [0.2, 0.25) is 0 Å². The molecular formula is C10H19N5O2. The molecule has 0 aliphatic carbocycles. The number of rotatable bonds is 7. The van der Waals surface area contributed by atoms with Gasteiger partial charge >= 0.3 is 0 Å². The molecule has 0 spiro atoms. The summed E-state index contributed by atoms with van der Waals surface area (Å²) in [6.45, 7) is 3.01. The first kappa shape index (κ1) is 13.6.